The van der Waals surface area contributed by atoms with Crippen LogP contribution in [0, 0.1) is 5.82 Å². The van der Waals surface area contributed by atoms with Crippen molar-refractivity contribution < 1.29 is 4.39 Å². The van der Waals surface area contributed by atoms with Crippen molar-refractivity contribution in [1.82, 2.24) is 20.2 Å². The van der Waals surface area contributed by atoms with Gasteiger partial charge in [0, 0.05) is 14.5 Å². The van der Waals surface area contributed by atoms with Gasteiger partial charge in [-0.3, -0.25) is 0 Å². The zero-order valence-corrected chi connectivity index (χ0v) is 15.5. The van der Waals surface area contributed by atoms with E-state index in [2.05, 4.69) is 52.7 Å². The highest BCUT2D eigenvalue weighted by atomic mass is 79.9. The molecule has 1 aliphatic rings. The van der Waals surface area contributed by atoms with Crippen molar-refractivity contribution in [3.05, 3.63) is 68.4 Å². The maximum Gasteiger partial charge on any atom is 0.243 e. The van der Waals surface area contributed by atoms with Gasteiger partial charge in [-0.05, 0) is 52.7 Å². The molecule has 2 heterocycles. The molecule has 3 aromatic rings. The zero-order chi connectivity index (χ0) is 16.7. The van der Waals surface area contributed by atoms with Crippen molar-refractivity contribution >= 4 is 37.8 Å². The van der Waals surface area contributed by atoms with E-state index in [0.717, 1.165) is 14.5 Å². The van der Waals surface area contributed by atoms with Gasteiger partial charge in [0.1, 0.15) is 5.82 Å². The Morgan fingerprint density at radius 2 is 1.83 bits per heavy atom. The van der Waals surface area contributed by atoms with E-state index in [-0.39, 0.29) is 17.9 Å². The van der Waals surface area contributed by atoms with E-state index in [1.165, 1.54) is 6.07 Å². The molecule has 4 rings (SSSR count). The Morgan fingerprint density at radius 3 is 2.62 bits per heavy atom. The van der Waals surface area contributed by atoms with Crippen LogP contribution in [0.2, 0.25) is 0 Å². The number of benzene rings is 2. The number of tetrazole rings is 1. The van der Waals surface area contributed by atoms with Crippen LogP contribution in [0.1, 0.15) is 29.6 Å². The number of anilines is 1. The van der Waals surface area contributed by atoms with Crippen molar-refractivity contribution in [2.24, 2.45) is 0 Å². The predicted octanol–water partition coefficient (Wildman–Crippen LogP) is 4.48. The Morgan fingerprint density at radius 1 is 1.08 bits per heavy atom. The third-order valence-corrected chi connectivity index (χ3v) is 5.16. The van der Waals surface area contributed by atoms with Gasteiger partial charge in [0.2, 0.25) is 5.95 Å². The first-order valence-corrected chi connectivity index (χ1v) is 8.95. The summed E-state index contributed by atoms with van der Waals surface area (Å²) in [6.07, 6.45) is 0.646. The minimum Gasteiger partial charge on any atom is -0.346 e. The van der Waals surface area contributed by atoms with Crippen LogP contribution in [-0.2, 0) is 0 Å². The fourth-order valence-corrected chi connectivity index (χ4v) is 3.62. The second-order valence-corrected chi connectivity index (χ2v) is 7.44. The number of rotatable bonds is 2. The quantitative estimate of drug-likeness (QED) is 0.622. The molecule has 8 heteroatoms. The second kappa shape index (κ2) is 6.25. The average Bonchev–Trinajstić information content (AvgIpc) is 3.05. The average molecular weight is 453 g/mol. The van der Waals surface area contributed by atoms with Gasteiger partial charge in [0.25, 0.3) is 0 Å². The van der Waals surface area contributed by atoms with Crippen LogP contribution >= 0.6 is 31.9 Å². The minimum absolute atomic E-state index is 0.0000170. The van der Waals surface area contributed by atoms with Crippen molar-refractivity contribution in [1.29, 1.82) is 0 Å². The highest BCUT2D eigenvalue weighted by Gasteiger charge is 2.32. The maximum atomic E-state index is 14.4. The molecule has 1 aromatic heterocycles. The molecule has 1 N–H and O–H groups in total. The van der Waals surface area contributed by atoms with Gasteiger partial charge < -0.3 is 5.32 Å². The molecule has 0 saturated heterocycles. The Kier molecular flexibility index (Phi) is 4.09. The molecule has 122 valence electrons. The first kappa shape index (κ1) is 15.7. The number of nitrogens with one attached hydrogen (secondary N) is 1. The lowest BCUT2D eigenvalue weighted by atomic mass is 9.93. The molecule has 24 heavy (non-hydrogen) atoms. The minimum atomic E-state index is -0.276. The van der Waals surface area contributed by atoms with Gasteiger partial charge in [-0.1, -0.05) is 49.1 Å². The zero-order valence-electron chi connectivity index (χ0n) is 12.3. The molecule has 0 fully saturated rings. The standard InChI is InChI=1S/C16H12Br2FN5/c17-10-3-1-9(2-4-10)14-8-15(24-16(20-14)21-22-23-24)12-7-11(18)5-6-13(12)19/h1-7,14-15H,8H2,(H,20,21,23). The molecule has 0 amide bonds. The normalized spacial score (nSPS) is 19.6. The van der Waals surface area contributed by atoms with Crippen LogP contribution in [0.4, 0.5) is 10.3 Å². The molecule has 5 nitrogen and oxygen atoms in total. The van der Waals surface area contributed by atoms with Gasteiger partial charge in [-0.25, -0.2) is 9.07 Å². The smallest absolute Gasteiger partial charge is 0.243 e. The fraction of sp³-hybridized carbons (Fsp3) is 0.188. The summed E-state index contributed by atoms with van der Waals surface area (Å²) in [6.45, 7) is 0. The third-order valence-electron chi connectivity index (χ3n) is 4.14. The molecule has 2 atom stereocenters. The van der Waals surface area contributed by atoms with Gasteiger partial charge in [0.15, 0.2) is 0 Å². The van der Waals surface area contributed by atoms with Crippen LogP contribution < -0.4 is 5.32 Å². The largest absolute Gasteiger partial charge is 0.346 e. The summed E-state index contributed by atoms with van der Waals surface area (Å²) in [4.78, 5) is 0. The summed E-state index contributed by atoms with van der Waals surface area (Å²) >= 11 is 6.86. The summed E-state index contributed by atoms with van der Waals surface area (Å²) in [5.41, 5.74) is 1.68. The van der Waals surface area contributed by atoms with E-state index in [4.69, 9.17) is 0 Å². The fourth-order valence-electron chi connectivity index (χ4n) is 2.98. The molecule has 0 bridgehead atoms. The molecule has 0 spiro atoms. The van der Waals surface area contributed by atoms with Gasteiger partial charge in [-0.15, -0.1) is 0 Å². The summed E-state index contributed by atoms with van der Waals surface area (Å²) in [5.74, 6) is 0.277. The predicted molar refractivity (Wildman–Crippen MR) is 95.2 cm³/mol. The molecular formula is C16H12Br2FN5. The molecule has 1 aliphatic heterocycles. The topological polar surface area (TPSA) is 55.6 Å². The summed E-state index contributed by atoms with van der Waals surface area (Å²) in [6, 6.07) is 12.7. The van der Waals surface area contributed by atoms with E-state index < -0.39 is 0 Å². The number of halogens is 3. The molecule has 0 saturated carbocycles. The van der Waals surface area contributed by atoms with E-state index in [0.29, 0.717) is 17.9 Å². The second-order valence-electron chi connectivity index (χ2n) is 5.61. The Hall–Kier alpha value is -1.80. The lowest BCUT2D eigenvalue weighted by Crippen LogP contribution is -2.28. The molecule has 0 radical (unpaired) electrons. The SMILES string of the molecule is Fc1ccc(Br)cc1C1CC(c2ccc(Br)cc2)Nc2nnnn21. The van der Waals surface area contributed by atoms with E-state index in [1.807, 2.05) is 24.3 Å². The molecule has 2 unspecified atom stereocenters. The van der Waals surface area contributed by atoms with Crippen LogP contribution in [0.15, 0.2) is 51.4 Å². The van der Waals surface area contributed by atoms with Crippen molar-refractivity contribution in [2.75, 3.05) is 5.32 Å². The molecule has 2 aromatic carbocycles. The Bertz CT molecular complexity index is 880. The van der Waals surface area contributed by atoms with Gasteiger partial charge in [-0.2, -0.15) is 0 Å². The van der Waals surface area contributed by atoms with Crippen molar-refractivity contribution in [3.8, 4) is 0 Å². The van der Waals surface area contributed by atoms with Crippen LogP contribution in [-0.4, -0.2) is 20.2 Å². The highest BCUT2D eigenvalue weighted by Crippen LogP contribution is 2.38. The molecule has 0 aliphatic carbocycles. The maximum absolute atomic E-state index is 14.4. The van der Waals surface area contributed by atoms with Gasteiger partial charge >= 0.3 is 0 Å². The van der Waals surface area contributed by atoms with Crippen LogP contribution in [0.3, 0.4) is 0 Å². The number of fused-ring (bicyclic) bond motifs is 1. The summed E-state index contributed by atoms with van der Waals surface area (Å²) < 4.78 is 17.9. The molecular weight excluding hydrogens is 441 g/mol. The lowest BCUT2D eigenvalue weighted by molar-refractivity contribution is 0.409. The monoisotopic (exact) mass is 451 g/mol. The Labute approximate surface area is 154 Å². The van der Waals surface area contributed by atoms with Gasteiger partial charge in [0.05, 0.1) is 12.1 Å². The van der Waals surface area contributed by atoms with Crippen molar-refractivity contribution in [2.45, 2.75) is 18.5 Å². The number of aromatic nitrogens is 4. The third kappa shape index (κ3) is 2.84. The number of hydrogen-bond acceptors (Lipinski definition) is 4. The highest BCUT2D eigenvalue weighted by molar-refractivity contribution is 9.10. The number of nitrogens with zero attached hydrogens (tertiary/aromatic N) is 4. The lowest BCUT2D eigenvalue weighted by Gasteiger charge is -2.31. The van der Waals surface area contributed by atoms with Crippen LogP contribution in [0.5, 0.6) is 0 Å². The number of hydrogen-bond donors (Lipinski definition) is 1. The van der Waals surface area contributed by atoms with E-state index in [1.54, 1.807) is 16.8 Å². The first-order valence-electron chi connectivity index (χ1n) is 7.36. The summed E-state index contributed by atoms with van der Waals surface area (Å²) in [7, 11) is 0. The van der Waals surface area contributed by atoms with Crippen molar-refractivity contribution in [3.63, 3.8) is 0 Å². The van der Waals surface area contributed by atoms with E-state index in [9.17, 15) is 4.39 Å². The summed E-state index contributed by atoms with van der Waals surface area (Å²) in [5, 5.41) is 15.1. The van der Waals surface area contributed by atoms with Crippen LogP contribution in [0.25, 0.3) is 0 Å². The first-order chi connectivity index (χ1) is 11.6. The Balaban J connectivity index is 1.76. The van der Waals surface area contributed by atoms with E-state index >= 15 is 0 Å².